The van der Waals surface area contributed by atoms with Crippen LogP contribution in [0.25, 0.3) is 11.0 Å². The van der Waals surface area contributed by atoms with Gasteiger partial charge in [-0.05, 0) is 42.0 Å². The number of fused-ring (bicyclic) bond motifs is 1. The molecular weight excluding hydrogens is 418 g/mol. The van der Waals surface area contributed by atoms with Crippen molar-refractivity contribution in [2.24, 2.45) is 5.10 Å². The Balaban J connectivity index is 1.58. The molecule has 10 heteroatoms. The van der Waals surface area contributed by atoms with Gasteiger partial charge in [0.05, 0.1) is 20.4 Å². The van der Waals surface area contributed by atoms with E-state index in [0.717, 1.165) is 11.3 Å². The molecule has 0 saturated heterocycles. The zero-order chi connectivity index (χ0) is 21.6. The first-order valence-corrected chi connectivity index (χ1v) is 9.55. The van der Waals surface area contributed by atoms with E-state index in [9.17, 15) is 0 Å². The lowest BCUT2D eigenvalue weighted by Gasteiger charge is -2.09. The number of hydrazone groups is 1. The molecule has 0 saturated carbocycles. The maximum Gasteiger partial charge on any atom is 0.176 e. The Kier molecular flexibility index (Phi) is 6.04. The third-order valence-electron chi connectivity index (χ3n) is 4.30. The molecule has 0 spiro atoms. The first-order chi connectivity index (χ1) is 15.2. The van der Waals surface area contributed by atoms with Gasteiger partial charge in [0, 0.05) is 10.7 Å². The zero-order valence-electron chi connectivity index (χ0n) is 16.7. The fraction of sp³-hybridized carbons (Fsp3) is 0.0952. The van der Waals surface area contributed by atoms with E-state index in [4.69, 9.17) is 21.1 Å². The molecule has 31 heavy (non-hydrogen) atoms. The van der Waals surface area contributed by atoms with Crippen LogP contribution in [0.5, 0.6) is 11.5 Å². The average Bonchev–Trinajstić information content (AvgIpc) is 2.79. The molecule has 156 valence electrons. The van der Waals surface area contributed by atoms with E-state index in [1.54, 1.807) is 38.6 Å². The highest BCUT2D eigenvalue weighted by atomic mass is 35.5. The molecule has 0 aliphatic heterocycles. The molecule has 4 aromatic rings. The van der Waals surface area contributed by atoms with Crippen LogP contribution >= 0.6 is 11.6 Å². The number of nitrogens with one attached hydrogen (secondary N) is 2. The Morgan fingerprint density at radius 3 is 2.35 bits per heavy atom. The standard InChI is InChI=1S/C21H18ClN7O2/c1-30-16-7-6-13(8-17(16)31-2)10-27-29-21-19-18(23-12-26-21)20(25-11-24-19)28-15-5-3-4-14(22)9-15/h3-12H,1-2H3,(H,23,26,29)(H,24,25,28)/b27-10+. The van der Waals surface area contributed by atoms with Crippen molar-refractivity contribution < 1.29 is 9.47 Å². The van der Waals surface area contributed by atoms with E-state index in [-0.39, 0.29) is 0 Å². The van der Waals surface area contributed by atoms with E-state index < -0.39 is 0 Å². The van der Waals surface area contributed by atoms with Gasteiger partial charge in [0.25, 0.3) is 0 Å². The number of nitrogens with zero attached hydrogens (tertiary/aromatic N) is 5. The molecular formula is C21H18ClN7O2. The number of aromatic nitrogens is 4. The van der Waals surface area contributed by atoms with Crippen LogP contribution < -0.4 is 20.2 Å². The summed E-state index contributed by atoms with van der Waals surface area (Å²) in [6.07, 6.45) is 4.49. The van der Waals surface area contributed by atoms with Gasteiger partial charge >= 0.3 is 0 Å². The summed E-state index contributed by atoms with van der Waals surface area (Å²) in [5.41, 5.74) is 5.58. The van der Waals surface area contributed by atoms with E-state index in [1.165, 1.54) is 12.7 Å². The van der Waals surface area contributed by atoms with Crippen molar-refractivity contribution in [1.29, 1.82) is 0 Å². The lowest BCUT2D eigenvalue weighted by Crippen LogP contribution is -2.02. The summed E-state index contributed by atoms with van der Waals surface area (Å²) in [5, 5.41) is 8.08. The predicted octanol–water partition coefficient (Wildman–Crippen LogP) is 4.28. The Labute approximate surface area is 183 Å². The molecule has 0 fully saturated rings. The van der Waals surface area contributed by atoms with Crippen LogP contribution in [0.3, 0.4) is 0 Å². The molecule has 4 rings (SSSR count). The molecule has 0 aliphatic carbocycles. The minimum atomic E-state index is 0.443. The van der Waals surface area contributed by atoms with Crippen molar-refractivity contribution >= 4 is 46.2 Å². The van der Waals surface area contributed by atoms with E-state index in [0.29, 0.717) is 39.2 Å². The topological polar surface area (TPSA) is 106 Å². The van der Waals surface area contributed by atoms with Crippen molar-refractivity contribution in [3.05, 3.63) is 65.7 Å². The summed E-state index contributed by atoms with van der Waals surface area (Å²) in [5.74, 6) is 2.23. The normalized spacial score (nSPS) is 10.9. The fourth-order valence-electron chi connectivity index (χ4n) is 2.86. The highest BCUT2D eigenvalue weighted by Gasteiger charge is 2.10. The van der Waals surface area contributed by atoms with E-state index in [2.05, 4.69) is 35.8 Å². The van der Waals surface area contributed by atoms with Gasteiger partial charge in [-0.2, -0.15) is 5.10 Å². The lowest BCUT2D eigenvalue weighted by atomic mass is 10.2. The van der Waals surface area contributed by atoms with Gasteiger partial charge < -0.3 is 14.8 Å². The molecule has 0 amide bonds. The Morgan fingerprint density at radius 1 is 0.871 bits per heavy atom. The number of anilines is 3. The molecule has 0 bridgehead atoms. The second-order valence-corrected chi connectivity index (χ2v) is 6.70. The summed E-state index contributed by atoms with van der Waals surface area (Å²) in [7, 11) is 3.17. The highest BCUT2D eigenvalue weighted by molar-refractivity contribution is 6.30. The van der Waals surface area contributed by atoms with Crippen molar-refractivity contribution in [3.63, 3.8) is 0 Å². The second kappa shape index (κ2) is 9.23. The number of hydrogen-bond donors (Lipinski definition) is 2. The maximum atomic E-state index is 6.06. The number of hydrogen-bond acceptors (Lipinski definition) is 9. The monoisotopic (exact) mass is 435 g/mol. The molecule has 0 aliphatic rings. The number of halogens is 1. The van der Waals surface area contributed by atoms with Crippen LogP contribution in [-0.4, -0.2) is 40.4 Å². The van der Waals surface area contributed by atoms with Crippen molar-refractivity contribution in [3.8, 4) is 11.5 Å². The Hall–Kier alpha value is -3.98. The quantitative estimate of drug-likeness (QED) is 0.327. The van der Waals surface area contributed by atoms with Crippen molar-refractivity contribution in [2.75, 3.05) is 25.0 Å². The first-order valence-electron chi connectivity index (χ1n) is 9.17. The van der Waals surface area contributed by atoms with Crippen LogP contribution in [0.15, 0.2) is 60.2 Å². The van der Waals surface area contributed by atoms with Gasteiger partial charge in [-0.3, -0.25) is 5.43 Å². The van der Waals surface area contributed by atoms with Gasteiger partial charge in [-0.15, -0.1) is 0 Å². The molecule has 2 N–H and O–H groups in total. The molecule has 2 heterocycles. The third kappa shape index (κ3) is 4.62. The zero-order valence-corrected chi connectivity index (χ0v) is 17.5. The summed E-state index contributed by atoms with van der Waals surface area (Å²) in [6, 6.07) is 12.8. The largest absolute Gasteiger partial charge is 0.493 e. The summed E-state index contributed by atoms with van der Waals surface area (Å²) >= 11 is 6.06. The third-order valence-corrected chi connectivity index (χ3v) is 4.53. The van der Waals surface area contributed by atoms with E-state index in [1.807, 2.05) is 24.3 Å². The fourth-order valence-corrected chi connectivity index (χ4v) is 3.05. The average molecular weight is 436 g/mol. The Morgan fingerprint density at radius 2 is 1.61 bits per heavy atom. The second-order valence-electron chi connectivity index (χ2n) is 6.26. The van der Waals surface area contributed by atoms with Gasteiger partial charge in [-0.1, -0.05) is 17.7 Å². The molecule has 0 unspecified atom stereocenters. The number of methoxy groups -OCH3 is 2. The van der Waals surface area contributed by atoms with Gasteiger partial charge in [-0.25, -0.2) is 19.9 Å². The number of ether oxygens (including phenoxy) is 2. The van der Waals surface area contributed by atoms with Crippen molar-refractivity contribution in [2.45, 2.75) is 0 Å². The molecule has 0 atom stereocenters. The van der Waals surface area contributed by atoms with E-state index >= 15 is 0 Å². The predicted molar refractivity (Wildman–Crippen MR) is 121 cm³/mol. The van der Waals surface area contributed by atoms with Gasteiger partial charge in [0.1, 0.15) is 23.7 Å². The first kappa shape index (κ1) is 20.3. The SMILES string of the molecule is COc1ccc(/C=N/Nc2ncnc3c(Nc4cccc(Cl)c4)ncnc23)cc1OC. The van der Waals surface area contributed by atoms with Crippen molar-refractivity contribution in [1.82, 2.24) is 19.9 Å². The van der Waals surface area contributed by atoms with Crippen LogP contribution in [-0.2, 0) is 0 Å². The molecule has 2 aromatic heterocycles. The molecule has 0 radical (unpaired) electrons. The smallest absolute Gasteiger partial charge is 0.176 e. The minimum Gasteiger partial charge on any atom is -0.493 e. The highest BCUT2D eigenvalue weighted by Crippen LogP contribution is 2.27. The molecule has 9 nitrogen and oxygen atoms in total. The summed E-state index contributed by atoms with van der Waals surface area (Å²) in [6.45, 7) is 0. The maximum absolute atomic E-state index is 6.06. The lowest BCUT2D eigenvalue weighted by molar-refractivity contribution is 0.355. The van der Waals surface area contributed by atoms with Crippen LogP contribution in [0.4, 0.5) is 17.3 Å². The summed E-state index contributed by atoms with van der Waals surface area (Å²) < 4.78 is 10.6. The Bertz CT molecular complexity index is 1250. The number of benzene rings is 2. The number of rotatable bonds is 7. The molecule has 2 aromatic carbocycles. The minimum absolute atomic E-state index is 0.443. The summed E-state index contributed by atoms with van der Waals surface area (Å²) in [4.78, 5) is 17.1. The van der Waals surface area contributed by atoms with Gasteiger partial charge in [0.2, 0.25) is 0 Å². The van der Waals surface area contributed by atoms with Crippen LogP contribution in [0, 0.1) is 0 Å². The van der Waals surface area contributed by atoms with Crippen LogP contribution in [0.1, 0.15) is 5.56 Å². The van der Waals surface area contributed by atoms with Crippen LogP contribution in [0.2, 0.25) is 5.02 Å². The van der Waals surface area contributed by atoms with Gasteiger partial charge in [0.15, 0.2) is 23.1 Å².